The van der Waals surface area contributed by atoms with Gasteiger partial charge >= 0.3 is 6.09 Å². The van der Waals surface area contributed by atoms with Crippen LogP contribution >= 0.6 is 11.6 Å². The maximum Gasteiger partial charge on any atom is 0.407 e. The Labute approximate surface area is 160 Å². The van der Waals surface area contributed by atoms with Gasteiger partial charge in [-0.2, -0.15) is 0 Å². The molecule has 0 radical (unpaired) electrons. The zero-order chi connectivity index (χ0) is 19.1. The number of carbonyl (C=O) groups is 1. The van der Waals surface area contributed by atoms with Crippen LogP contribution in [-0.2, 0) is 4.74 Å². The monoisotopic (exact) mass is 375 g/mol. The lowest BCUT2D eigenvalue weighted by molar-refractivity contribution is 0.126. The fourth-order valence-electron chi connectivity index (χ4n) is 3.21. The Kier molecular flexibility index (Phi) is 7.49. The van der Waals surface area contributed by atoms with E-state index in [0.717, 1.165) is 0 Å². The highest BCUT2D eigenvalue weighted by atomic mass is 35.5. The number of alkyl carbamates (subject to hydrolysis) is 1. The van der Waals surface area contributed by atoms with Crippen LogP contribution in [0.2, 0.25) is 0 Å². The SMILES string of the molecule is CC(C)C(CO)NC(=O)OCC1c2ccccc2-c2ccccc21.CCl. The van der Waals surface area contributed by atoms with Gasteiger partial charge in [-0.15, -0.1) is 11.6 Å². The summed E-state index contributed by atoms with van der Waals surface area (Å²) in [4.78, 5) is 12.1. The fraction of sp³-hybridized carbons (Fsp3) is 0.381. The van der Waals surface area contributed by atoms with Crippen LogP contribution in [0.15, 0.2) is 48.5 Å². The number of fused-ring (bicyclic) bond motifs is 3. The number of rotatable bonds is 5. The van der Waals surface area contributed by atoms with E-state index in [-0.39, 0.29) is 31.1 Å². The molecular formula is C21H26ClNO3. The molecule has 0 aliphatic heterocycles. The summed E-state index contributed by atoms with van der Waals surface area (Å²) in [6, 6.07) is 16.2. The molecule has 0 saturated heterocycles. The van der Waals surface area contributed by atoms with Crippen molar-refractivity contribution in [2.75, 3.05) is 19.6 Å². The number of aliphatic hydroxyl groups is 1. The Bertz CT molecular complexity index is 687. The third-order valence-corrected chi connectivity index (χ3v) is 4.65. The second-order valence-corrected chi connectivity index (χ2v) is 6.50. The first kappa shape index (κ1) is 20.3. The summed E-state index contributed by atoms with van der Waals surface area (Å²) in [5.74, 6) is 0.199. The van der Waals surface area contributed by atoms with Crippen LogP contribution in [0, 0.1) is 5.92 Å². The Morgan fingerprint density at radius 3 is 2.04 bits per heavy atom. The molecule has 26 heavy (non-hydrogen) atoms. The Morgan fingerprint density at radius 2 is 1.58 bits per heavy atom. The first-order chi connectivity index (χ1) is 12.6. The highest BCUT2D eigenvalue weighted by Crippen LogP contribution is 2.44. The predicted octanol–water partition coefficient (Wildman–Crippen LogP) is 4.40. The van der Waals surface area contributed by atoms with E-state index in [0.29, 0.717) is 0 Å². The number of nitrogens with one attached hydrogen (secondary N) is 1. The minimum atomic E-state index is -0.482. The molecule has 0 bridgehead atoms. The second kappa shape index (κ2) is 9.60. The van der Waals surface area contributed by atoms with Gasteiger partial charge < -0.3 is 15.2 Å². The van der Waals surface area contributed by atoms with Crippen molar-refractivity contribution in [1.82, 2.24) is 5.32 Å². The van der Waals surface area contributed by atoms with Crippen molar-refractivity contribution >= 4 is 17.7 Å². The zero-order valence-corrected chi connectivity index (χ0v) is 16.2. The van der Waals surface area contributed by atoms with Gasteiger partial charge in [-0.1, -0.05) is 62.4 Å². The molecule has 140 valence electrons. The summed E-state index contributed by atoms with van der Waals surface area (Å²) in [5.41, 5.74) is 4.79. The molecule has 0 spiro atoms. The maximum atomic E-state index is 12.1. The first-order valence-corrected chi connectivity index (χ1v) is 9.47. The molecule has 2 aromatic carbocycles. The molecule has 4 nitrogen and oxygen atoms in total. The standard InChI is InChI=1S/C20H23NO3.CH3Cl/c1-13(2)19(11-22)21-20(23)24-12-18-16-9-5-3-7-14(16)15-8-4-6-10-17(15)18;1-2/h3-10,13,18-19,22H,11-12H2,1-2H3,(H,21,23);1H3. The number of hydrogen-bond acceptors (Lipinski definition) is 3. The van der Waals surface area contributed by atoms with E-state index in [1.807, 2.05) is 38.1 Å². The lowest BCUT2D eigenvalue weighted by atomic mass is 9.98. The molecule has 1 amide bonds. The van der Waals surface area contributed by atoms with Crippen LogP contribution in [0.4, 0.5) is 4.79 Å². The van der Waals surface area contributed by atoms with Gasteiger partial charge in [0.05, 0.1) is 12.6 Å². The van der Waals surface area contributed by atoms with E-state index < -0.39 is 6.09 Å². The largest absolute Gasteiger partial charge is 0.449 e. The number of aliphatic hydroxyl groups excluding tert-OH is 1. The zero-order valence-electron chi connectivity index (χ0n) is 15.4. The molecule has 0 fully saturated rings. The average molecular weight is 376 g/mol. The van der Waals surface area contributed by atoms with E-state index in [4.69, 9.17) is 4.74 Å². The van der Waals surface area contributed by atoms with Crippen molar-refractivity contribution in [3.05, 3.63) is 59.7 Å². The fourth-order valence-corrected chi connectivity index (χ4v) is 3.21. The topological polar surface area (TPSA) is 58.6 Å². The molecule has 0 heterocycles. The molecule has 1 atom stereocenters. The smallest absolute Gasteiger partial charge is 0.407 e. The third kappa shape index (κ3) is 4.37. The normalized spacial score (nSPS) is 13.3. The number of halogens is 1. The van der Waals surface area contributed by atoms with Crippen LogP contribution in [0.3, 0.4) is 0 Å². The number of amides is 1. The number of ether oxygens (including phenoxy) is 1. The number of hydrogen-bond donors (Lipinski definition) is 2. The van der Waals surface area contributed by atoms with Crippen molar-refractivity contribution in [3.8, 4) is 11.1 Å². The molecule has 0 aromatic heterocycles. The maximum absolute atomic E-state index is 12.1. The summed E-state index contributed by atoms with van der Waals surface area (Å²) in [6.45, 7) is 4.09. The van der Waals surface area contributed by atoms with Crippen molar-refractivity contribution in [1.29, 1.82) is 0 Å². The van der Waals surface area contributed by atoms with E-state index >= 15 is 0 Å². The summed E-state index contributed by atoms with van der Waals surface area (Å²) < 4.78 is 5.46. The Balaban J connectivity index is 0.00000117. The number of alkyl halides is 1. The van der Waals surface area contributed by atoms with Gasteiger partial charge in [0.1, 0.15) is 6.61 Å². The van der Waals surface area contributed by atoms with Crippen LogP contribution in [0.1, 0.15) is 30.9 Å². The summed E-state index contributed by atoms with van der Waals surface area (Å²) in [5, 5.41) is 12.0. The van der Waals surface area contributed by atoms with Gasteiger partial charge in [0, 0.05) is 12.3 Å². The lowest BCUT2D eigenvalue weighted by Crippen LogP contribution is -2.41. The van der Waals surface area contributed by atoms with Crippen molar-refractivity contribution in [3.63, 3.8) is 0 Å². The van der Waals surface area contributed by atoms with E-state index in [2.05, 4.69) is 41.2 Å². The van der Waals surface area contributed by atoms with Gasteiger partial charge in [0.25, 0.3) is 0 Å². The molecule has 3 rings (SSSR count). The van der Waals surface area contributed by atoms with Gasteiger partial charge in [-0.3, -0.25) is 0 Å². The number of benzene rings is 2. The van der Waals surface area contributed by atoms with Gasteiger partial charge in [0.15, 0.2) is 0 Å². The van der Waals surface area contributed by atoms with Crippen molar-refractivity contribution in [2.45, 2.75) is 25.8 Å². The molecule has 5 heteroatoms. The van der Waals surface area contributed by atoms with E-state index in [1.54, 1.807) is 0 Å². The predicted molar refractivity (Wildman–Crippen MR) is 106 cm³/mol. The average Bonchev–Trinajstić information content (AvgIpc) is 3.00. The minimum absolute atomic E-state index is 0.0507. The first-order valence-electron chi connectivity index (χ1n) is 8.72. The molecule has 1 aliphatic rings. The van der Waals surface area contributed by atoms with Crippen LogP contribution in [-0.4, -0.2) is 36.8 Å². The van der Waals surface area contributed by atoms with Gasteiger partial charge in [-0.05, 0) is 28.2 Å². The molecule has 1 unspecified atom stereocenters. The quantitative estimate of drug-likeness (QED) is 0.761. The lowest BCUT2D eigenvalue weighted by Gasteiger charge is -2.20. The van der Waals surface area contributed by atoms with Crippen LogP contribution in [0.25, 0.3) is 11.1 Å². The number of carbonyl (C=O) groups excluding carboxylic acids is 1. The Morgan fingerprint density at radius 1 is 1.08 bits per heavy atom. The van der Waals surface area contributed by atoms with E-state index in [9.17, 15) is 9.90 Å². The molecular weight excluding hydrogens is 350 g/mol. The summed E-state index contributed by atoms with van der Waals surface area (Å²) in [6.07, 6.45) is 0.990. The van der Waals surface area contributed by atoms with E-state index in [1.165, 1.54) is 28.6 Å². The van der Waals surface area contributed by atoms with Crippen molar-refractivity contribution in [2.24, 2.45) is 5.92 Å². The molecule has 1 aliphatic carbocycles. The highest BCUT2D eigenvalue weighted by Gasteiger charge is 2.29. The summed E-state index contributed by atoms with van der Waals surface area (Å²) >= 11 is 4.64. The van der Waals surface area contributed by atoms with Gasteiger partial charge in [-0.25, -0.2) is 4.79 Å². The van der Waals surface area contributed by atoms with Crippen molar-refractivity contribution < 1.29 is 14.6 Å². The van der Waals surface area contributed by atoms with Gasteiger partial charge in [0.2, 0.25) is 0 Å². The minimum Gasteiger partial charge on any atom is -0.449 e. The Hall–Kier alpha value is -2.04. The highest BCUT2D eigenvalue weighted by molar-refractivity contribution is 6.15. The van der Waals surface area contributed by atoms with Crippen LogP contribution < -0.4 is 5.32 Å². The molecule has 2 aromatic rings. The van der Waals surface area contributed by atoms with Crippen LogP contribution in [0.5, 0.6) is 0 Å². The molecule has 2 N–H and O–H groups in total. The third-order valence-electron chi connectivity index (χ3n) is 4.65. The molecule has 0 saturated carbocycles. The summed E-state index contributed by atoms with van der Waals surface area (Å²) in [7, 11) is 0. The second-order valence-electron chi connectivity index (χ2n) is 6.50.